The lowest BCUT2D eigenvalue weighted by molar-refractivity contribution is -0.123. The molecule has 4 rings (SSSR count). The summed E-state index contributed by atoms with van der Waals surface area (Å²) in [6.45, 7) is 0.324. The van der Waals surface area contributed by atoms with Crippen LogP contribution < -0.4 is 4.74 Å². The van der Waals surface area contributed by atoms with Crippen molar-refractivity contribution in [3.8, 4) is 11.5 Å². The molecule has 2 amide bonds. The number of phenolic OH excluding ortho intramolecular Hbond substituents is 1. The number of ether oxygens (including phenoxy) is 1. The summed E-state index contributed by atoms with van der Waals surface area (Å²) in [4.78, 5) is 26.4. The number of azo groups is 1. The predicted molar refractivity (Wildman–Crippen MR) is 123 cm³/mol. The molecule has 1 heterocycles. The summed E-state index contributed by atoms with van der Waals surface area (Å²) in [5, 5.41) is 18.2. The fourth-order valence-electron chi connectivity index (χ4n) is 2.94. The average molecular weight is 446 g/mol. The maximum Gasteiger partial charge on any atom is 0.293 e. The minimum atomic E-state index is -0.424. The number of nitrogens with zero attached hydrogens (tertiary/aromatic N) is 3. The van der Waals surface area contributed by atoms with Gasteiger partial charge in [-0.05, 0) is 60.3 Å². The molecule has 1 N–H and O–H groups in total. The first-order valence-corrected chi connectivity index (χ1v) is 10.6. The Bertz CT molecular complexity index is 1180. The minimum Gasteiger partial charge on any atom is -0.507 e. The van der Waals surface area contributed by atoms with Crippen molar-refractivity contribution in [1.82, 2.24) is 4.90 Å². The molecule has 0 aliphatic carbocycles. The molecule has 3 aromatic carbocycles. The van der Waals surface area contributed by atoms with Crippen LogP contribution in [0, 0.1) is 0 Å². The smallest absolute Gasteiger partial charge is 0.293 e. The van der Waals surface area contributed by atoms with Crippen LogP contribution in [0.4, 0.5) is 16.2 Å². The molecular formula is C24H19N3O4S. The second kappa shape index (κ2) is 9.93. The van der Waals surface area contributed by atoms with E-state index in [1.54, 1.807) is 24.3 Å². The van der Waals surface area contributed by atoms with Crippen molar-refractivity contribution in [1.29, 1.82) is 0 Å². The highest BCUT2D eigenvalue weighted by Gasteiger charge is 2.35. The zero-order chi connectivity index (χ0) is 22.3. The third kappa shape index (κ3) is 5.22. The van der Waals surface area contributed by atoms with E-state index in [-0.39, 0.29) is 29.0 Å². The molecule has 0 saturated carbocycles. The molecule has 1 fully saturated rings. The van der Waals surface area contributed by atoms with E-state index in [1.165, 1.54) is 12.1 Å². The Labute approximate surface area is 189 Å². The van der Waals surface area contributed by atoms with Gasteiger partial charge in [0.25, 0.3) is 11.1 Å². The lowest BCUT2D eigenvalue weighted by Gasteiger charge is -2.13. The van der Waals surface area contributed by atoms with Crippen molar-refractivity contribution in [2.24, 2.45) is 10.2 Å². The summed E-state index contributed by atoms with van der Waals surface area (Å²) < 4.78 is 5.58. The van der Waals surface area contributed by atoms with Crippen molar-refractivity contribution >= 4 is 40.4 Å². The zero-order valence-corrected chi connectivity index (χ0v) is 17.7. The molecule has 0 spiro atoms. The van der Waals surface area contributed by atoms with Crippen LogP contribution in [-0.2, 0) is 4.79 Å². The quantitative estimate of drug-likeness (QED) is 0.360. The Morgan fingerprint density at radius 1 is 0.906 bits per heavy atom. The number of carbonyl (C=O) groups excluding carboxylic acids is 2. The van der Waals surface area contributed by atoms with Crippen LogP contribution in [-0.4, -0.2) is 34.3 Å². The number of benzene rings is 3. The molecule has 0 unspecified atom stereocenters. The summed E-state index contributed by atoms with van der Waals surface area (Å²) in [6, 6.07) is 23.1. The van der Waals surface area contributed by atoms with Crippen LogP contribution >= 0.6 is 11.8 Å². The fraction of sp³-hybridized carbons (Fsp3) is 0.0833. The van der Waals surface area contributed by atoms with Gasteiger partial charge in [-0.15, -0.1) is 0 Å². The molecular weight excluding hydrogens is 426 g/mol. The van der Waals surface area contributed by atoms with E-state index in [2.05, 4.69) is 10.2 Å². The van der Waals surface area contributed by atoms with Gasteiger partial charge in [0.05, 0.1) is 22.8 Å². The Kier molecular flexibility index (Phi) is 6.62. The highest BCUT2D eigenvalue weighted by molar-refractivity contribution is 8.18. The summed E-state index contributed by atoms with van der Waals surface area (Å²) in [7, 11) is 0. The average Bonchev–Trinajstić information content (AvgIpc) is 3.08. The van der Waals surface area contributed by atoms with Crippen molar-refractivity contribution < 1.29 is 19.4 Å². The Balaban J connectivity index is 1.45. The molecule has 0 bridgehead atoms. The molecule has 0 aromatic heterocycles. The van der Waals surface area contributed by atoms with E-state index < -0.39 is 5.91 Å². The largest absolute Gasteiger partial charge is 0.507 e. The summed E-state index contributed by atoms with van der Waals surface area (Å²) >= 11 is 0.825. The van der Waals surface area contributed by atoms with Crippen LogP contribution in [0.5, 0.6) is 11.5 Å². The Morgan fingerprint density at radius 3 is 2.34 bits per heavy atom. The van der Waals surface area contributed by atoms with Crippen molar-refractivity contribution in [3.63, 3.8) is 0 Å². The van der Waals surface area contributed by atoms with E-state index in [4.69, 9.17) is 4.74 Å². The predicted octanol–water partition coefficient (Wildman–Crippen LogP) is 5.92. The van der Waals surface area contributed by atoms with Gasteiger partial charge in [0, 0.05) is 5.56 Å². The van der Waals surface area contributed by atoms with Gasteiger partial charge in [0.2, 0.25) is 0 Å². The molecule has 0 radical (unpaired) electrons. The first kappa shape index (κ1) is 21.3. The van der Waals surface area contributed by atoms with Crippen LogP contribution in [0.2, 0.25) is 0 Å². The summed E-state index contributed by atoms with van der Waals surface area (Å²) in [5.41, 5.74) is 1.58. The lowest BCUT2D eigenvalue weighted by atomic mass is 10.1. The molecule has 3 aromatic rings. The molecule has 1 saturated heterocycles. The van der Waals surface area contributed by atoms with Gasteiger partial charge in [0.1, 0.15) is 18.1 Å². The summed E-state index contributed by atoms with van der Waals surface area (Å²) in [6.07, 6.45) is 1.49. The van der Waals surface area contributed by atoms with Gasteiger partial charge in [-0.25, -0.2) is 0 Å². The van der Waals surface area contributed by atoms with E-state index in [0.29, 0.717) is 22.7 Å². The number of amides is 2. The van der Waals surface area contributed by atoms with Crippen molar-refractivity contribution in [2.45, 2.75) is 0 Å². The minimum absolute atomic E-state index is 0.0251. The topological polar surface area (TPSA) is 91.6 Å². The normalized spacial score (nSPS) is 15.1. The number of rotatable bonds is 7. The molecule has 8 heteroatoms. The molecule has 7 nitrogen and oxygen atoms in total. The highest BCUT2D eigenvalue weighted by Crippen LogP contribution is 2.35. The van der Waals surface area contributed by atoms with E-state index >= 15 is 0 Å². The van der Waals surface area contributed by atoms with Gasteiger partial charge >= 0.3 is 0 Å². The third-order valence-corrected chi connectivity index (χ3v) is 5.44. The molecule has 32 heavy (non-hydrogen) atoms. The molecule has 160 valence electrons. The first-order valence-electron chi connectivity index (χ1n) is 9.83. The maximum absolute atomic E-state index is 12.7. The van der Waals surface area contributed by atoms with Gasteiger partial charge in [-0.1, -0.05) is 36.4 Å². The van der Waals surface area contributed by atoms with Gasteiger partial charge < -0.3 is 9.84 Å². The number of phenols is 1. The second-order valence-corrected chi connectivity index (χ2v) is 7.77. The van der Waals surface area contributed by atoms with Gasteiger partial charge in [0.15, 0.2) is 0 Å². The maximum atomic E-state index is 12.7. The number of hydrogen-bond donors (Lipinski definition) is 1. The number of imide groups is 1. The van der Waals surface area contributed by atoms with Crippen LogP contribution in [0.25, 0.3) is 6.08 Å². The standard InChI is InChI=1S/C24H19N3O4S/c28-21-12-11-19(26-25-18-7-3-1-4-8-18)15-17(21)16-22-23(29)27(24(30)32-22)13-14-31-20-9-5-2-6-10-20/h1-12,15-16,28H,13-14H2/b22-16-,26-25?. The molecule has 1 aliphatic rings. The summed E-state index contributed by atoms with van der Waals surface area (Å²) in [5.74, 6) is 0.219. The number of thioether (sulfide) groups is 1. The van der Waals surface area contributed by atoms with Crippen LogP contribution in [0.15, 0.2) is 94.0 Å². The number of carbonyl (C=O) groups is 2. The van der Waals surface area contributed by atoms with Gasteiger partial charge in [-0.2, -0.15) is 10.2 Å². The number of hydrogen-bond acceptors (Lipinski definition) is 7. The first-order chi connectivity index (χ1) is 15.6. The van der Waals surface area contributed by atoms with Crippen LogP contribution in [0.3, 0.4) is 0 Å². The van der Waals surface area contributed by atoms with Crippen molar-refractivity contribution in [2.75, 3.05) is 13.2 Å². The van der Waals surface area contributed by atoms with E-state index in [0.717, 1.165) is 16.7 Å². The SMILES string of the molecule is O=C1S/C(=C\c2cc(N=Nc3ccccc3)ccc2O)C(=O)N1CCOc1ccccc1. The Morgan fingerprint density at radius 2 is 1.59 bits per heavy atom. The van der Waals surface area contributed by atoms with Crippen molar-refractivity contribution in [3.05, 3.63) is 89.3 Å². The Hall–Kier alpha value is -3.91. The number of para-hydroxylation sites is 1. The molecule has 0 atom stereocenters. The fourth-order valence-corrected chi connectivity index (χ4v) is 3.79. The van der Waals surface area contributed by atoms with Gasteiger partial charge in [-0.3, -0.25) is 14.5 Å². The zero-order valence-electron chi connectivity index (χ0n) is 16.9. The third-order valence-electron chi connectivity index (χ3n) is 4.54. The van der Waals surface area contributed by atoms with Crippen LogP contribution in [0.1, 0.15) is 5.56 Å². The highest BCUT2D eigenvalue weighted by atomic mass is 32.2. The van der Waals surface area contributed by atoms with E-state index in [9.17, 15) is 14.7 Å². The lowest BCUT2D eigenvalue weighted by Crippen LogP contribution is -2.32. The van der Waals surface area contributed by atoms with E-state index in [1.807, 2.05) is 48.5 Å². The number of aromatic hydroxyl groups is 1. The monoisotopic (exact) mass is 445 g/mol. The second-order valence-electron chi connectivity index (χ2n) is 6.77. The molecule has 1 aliphatic heterocycles.